The number of rotatable bonds is 4. The van der Waals surface area contributed by atoms with E-state index >= 15 is 0 Å². The average molecular weight is 608 g/mol. The number of piperidine rings is 1. The maximum absolute atomic E-state index is 13.7. The van der Waals surface area contributed by atoms with Crippen molar-refractivity contribution in [3.8, 4) is 0 Å². The molecule has 1 fully saturated rings. The van der Waals surface area contributed by atoms with Crippen LogP contribution in [0.15, 0.2) is 70.7 Å². The van der Waals surface area contributed by atoms with E-state index in [1.807, 2.05) is 0 Å². The first-order chi connectivity index (χ1) is 20.1. The molecule has 2 aromatic heterocycles. The lowest BCUT2D eigenvalue weighted by Gasteiger charge is -2.39. The molecule has 6 rings (SSSR count). The van der Waals surface area contributed by atoms with Crippen molar-refractivity contribution in [1.82, 2.24) is 29.5 Å². The predicted molar refractivity (Wildman–Crippen MR) is 158 cm³/mol. The normalized spacial score (nSPS) is 16.3. The van der Waals surface area contributed by atoms with E-state index < -0.39 is 21.5 Å². The van der Waals surface area contributed by atoms with E-state index in [1.165, 1.54) is 22.3 Å². The minimum absolute atomic E-state index is 0.0790. The van der Waals surface area contributed by atoms with Crippen molar-refractivity contribution in [1.29, 1.82) is 0 Å². The lowest BCUT2D eigenvalue weighted by Crippen LogP contribution is -2.57. The molecule has 0 aliphatic carbocycles. The third kappa shape index (κ3) is 4.77. The number of anilines is 2. The van der Waals surface area contributed by atoms with Crippen LogP contribution in [0.1, 0.15) is 33.7 Å². The van der Waals surface area contributed by atoms with Crippen LogP contribution in [-0.2, 0) is 10.0 Å². The summed E-state index contributed by atoms with van der Waals surface area (Å²) in [5, 5.41) is 6.34. The zero-order valence-electron chi connectivity index (χ0n) is 22.1. The third-order valence-corrected chi connectivity index (χ3v) is 9.46. The number of nitrogens with zero attached hydrogens (tertiary/aromatic N) is 5. The summed E-state index contributed by atoms with van der Waals surface area (Å²) < 4.78 is 28.0. The minimum atomic E-state index is -3.91. The molecule has 2 aliphatic rings. The van der Waals surface area contributed by atoms with Crippen molar-refractivity contribution in [3.63, 3.8) is 0 Å². The Morgan fingerprint density at radius 2 is 1.67 bits per heavy atom. The lowest BCUT2D eigenvalue weighted by atomic mass is 9.88. The number of aromatic nitrogens is 3. The van der Waals surface area contributed by atoms with Gasteiger partial charge in [0.05, 0.1) is 28.1 Å². The number of para-hydroxylation sites is 1. The number of nitrogens with two attached hydrogens (primary N) is 2. The number of fused-ring (bicyclic) bond motifs is 1. The first-order valence-electron chi connectivity index (χ1n) is 13.0. The number of hydrogen-bond donors (Lipinski definition) is 4. The van der Waals surface area contributed by atoms with Crippen LogP contribution >= 0.6 is 11.6 Å². The van der Waals surface area contributed by atoms with E-state index in [2.05, 4.69) is 25.6 Å². The quantitative estimate of drug-likeness (QED) is 0.268. The molecule has 13 nitrogen and oxygen atoms in total. The summed E-state index contributed by atoms with van der Waals surface area (Å²) in [5.74, 6) is -0.885. The number of amides is 2. The molecule has 1 spiro atoms. The van der Waals surface area contributed by atoms with Gasteiger partial charge in [-0.05, 0) is 31.0 Å². The van der Waals surface area contributed by atoms with E-state index in [-0.39, 0.29) is 39.2 Å². The molecule has 4 aromatic rings. The van der Waals surface area contributed by atoms with E-state index in [9.17, 15) is 18.0 Å². The Balaban J connectivity index is 1.15. The molecule has 15 heteroatoms. The molecule has 2 aliphatic heterocycles. The number of nitrogen functional groups attached to an aromatic ring is 2. The van der Waals surface area contributed by atoms with Gasteiger partial charge in [-0.3, -0.25) is 19.9 Å². The van der Waals surface area contributed by atoms with Crippen molar-refractivity contribution < 1.29 is 18.0 Å². The van der Waals surface area contributed by atoms with Gasteiger partial charge in [-0.25, -0.2) is 22.4 Å². The highest BCUT2D eigenvalue weighted by molar-refractivity contribution is 7.90. The van der Waals surface area contributed by atoms with E-state index in [4.69, 9.17) is 23.1 Å². The van der Waals surface area contributed by atoms with Gasteiger partial charge in [0.15, 0.2) is 28.4 Å². The van der Waals surface area contributed by atoms with Crippen molar-refractivity contribution in [3.05, 3.63) is 77.2 Å². The van der Waals surface area contributed by atoms with Gasteiger partial charge in [0.1, 0.15) is 0 Å². The molecule has 2 aromatic carbocycles. The Morgan fingerprint density at radius 3 is 2.40 bits per heavy atom. The first kappa shape index (κ1) is 27.5. The van der Waals surface area contributed by atoms with Gasteiger partial charge in [0, 0.05) is 24.7 Å². The minimum Gasteiger partial charge on any atom is -0.382 e. The highest BCUT2D eigenvalue weighted by Gasteiger charge is 2.41. The monoisotopic (exact) mass is 607 g/mol. The second kappa shape index (κ2) is 10.3. The molecule has 216 valence electrons. The number of benzene rings is 2. The van der Waals surface area contributed by atoms with Crippen LogP contribution in [0.4, 0.5) is 11.6 Å². The van der Waals surface area contributed by atoms with Crippen LogP contribution < -0.4 is 22.1 Å². The Kier molecular flexibility index (Phi) is 6.74. The molecule has 2 amide bonds. The summed E-state index contributed by atoms with van der Waals surface area (Å²) in [6, 6.07) is 15.0. The predicted octanol–water partition coefficient (Wildman–Crippen LogP) is 1.85. The zero-order valence-corrected chi connectivity index (χ0v) is 23.7. The molecule has 0 saturated carbocycles. The van der Waals surface area contributed by atoms with Crippen molar-refractivity contribution in [2.24, 2.45) is 4.99 Å². The van der Waals surface area contributed by atoms with E-state index in [1.54, 1.807) is 47.4 Å². The summed E-state index contributed by atoms with van der Waals surface area (Å²) in [7, 11) is -3.91. The molecule has 42 heavy (non-hydrogen) atoms. The second-order valence-electron chi connectivity index (χ2n) is 10.1. The van der Waals surface area contributed by atoms with Crippen LogP contribution in [0, 0.1) is 0 Å². The molecule has 0 unspecified atom stereocenters. The van der Waals surface area contributed by atoms with Gasteiger partial charge in [0.2, 0.25) is 0 Å². The summed E-state index contributed by atoms with van der Waals surface area (Å²) in [4.78, 5) is 40.4. The SMILES string of the molecule is Nc1nc(N)c(C(=O)NC2=NCC3(CCN(C(=O)c4cn(S(=O)(=O)c5ccccc5)c5ccccc45)CC3)N2)nc1Cl. The molecule has 0 radical (unpaired) electrons. The Labute approximate surface area is 245 Å². The van der Waals surface area contributed by atoms with Crippen LogP contribution in [0.2, 0.25) is 5.15 Å². The molecular weight excluding hydrogens is 582 g/mol. The number of carbonyl (C=O) groups excluding carboxylic acids is 2. The van der Waals surface area contributed by atoms with Gasteiger partial charge in [-0.15, -0.1) is 0 Å². The van der Waals surface area contributed by atoms with E-state index in [0.717, 1.165) is 0 Å². The summed E-state index contributed by atoms with van der Waals surface area (Å²) >= 11 is 5.89. The fraction of sp³-hybridized carbons (Fsp3) is 0.222. The third-order valence-electron chi connectivity index (χ3n) is 7.49. The van der Waals surface area contributed by atoms with Crippen molar-refractivity contribution in [2.45, 2.75) is 23.3 Å². The van der Waals surface area contributed by atoms with Gasteiger partial charge in [-0.2, -0.15) is 0 Å². The number of nitrogens with one attached hydrogen (secondary N) is 2. The number of guanidine groups is 1. The van der Waals surface area contributed by atoms with Gasteiger partial charge in [-0.1, -0.05) is 48.0 Å². The lowest BCUT2D eigenvalue weighted by molar-refractivity contribution is 0.0670. The van der Waals surface area contributed by atoms with Crippen molar-refractivity contribution in [2.75, 3.05) is 31.1 Å². The highest BCUT2D eigenvalue weighted by atomic mass is 35.5. The molecule has 4 heterocycles. The van der Waals surface area contributed by atoms with E-state index in [0.29, 0.717) is 48.9 Å². The molecule has 1 saturated heterocycles. The largest absolute Gasteiger partial charge is 0.382 e. The molecule has 0 bridgehead atoms. The second-order valence-corrected chi connectivity index (χ2v) is 12.3. The maximum Gasteiger partial charge on any atom is 0.280 e. The molecule has 6 N–H and O–H groups in total. The van der Waals surface area contributed by atoms with Gasteiger partial charge < -0.3 is 21.7 Å². The summed E-state index contributed by atoms with van der Waals surface area (Å²) in [6.45, 7) is 1.20. The Hall–Kier alpha value is -4.69. The van der Waals surface area contributed by atoms with Crippen LogP contribution in [-0.4, -0.2) is 70.2 Å². The van der Waals surface area contributed by atoms with Crippen LogP contribution in [0.25, 0.3) is 10.9 Å². The summed E-state index contributed by atoms with van der Waals surface area (Å²) in [6.07, 6.45) is 2.51. The zero-order chi connectivity index (χ0) is 29.6. The summed E-state index contributed by atoms with van der Waals surface area (Å²) in [5.41, 5.74) is 11.5. The van der Waals surface area contributed by atoms with Crippen LogP contribution in [0.3, 0.4) is 0 Å². The van der Waals surface area contributed by atoms with Gasteiger partial charge in [0.25, 0.3) is 21.8 Å². The highest BCUT2D eigenvalue weighted by Crippen LogP contribution is 2.30. The fourth-order valence-electron chi connectivity index (χ4n) is 5.22. The number of hydrogen-bond acceptors (Lipinski definition) is 10. The molecular formula is C27H26ClN9O4S. The fourth-order valence-corrected chi connectivity index (χ4v) is 6.74. The Morgan fingerprint density at radius 1 is 0.976 bits per heavy atom. The first-order valence-corrected chi connectivity index (χ1v) is 14.8. The van der Waals surface area contributed by atoms with Crippen LogP contribution in [0.5, 0.6) is 0 Å². The topological polar surface area (TPSA) is 191 Å². The number of likely N-dealkylation sites (tertiary alicyclic amines) is 1. The molecule has 0 atom stereocenters. The Bertz CT molecular complexity index is 1870. The number of carbonyl (C=O) groups is 2. The van der Waals surface area contributed by atoms with Crippen molar-refractivity contribution >= 4 is 61.9 Å². The number of aliphatic imine (C=N–C) groups is 1. The standard InChI is InChI=1S/C27H26ClN9O4S/c28-21-23(30)33-22(29)20(32-21)24(38)34-26-31-15-27(35-26)10-12-36(13-11-27)25(39)18-14-37(19-9-5-4-8-17(18)19)42(40,41)16-6-2-1-3-7-16/h1-9,14H,10-13,15H2,(H4,29,30,33)(H2,31,34,35,38). The average Bonchev–Trinajstić information content (AvgIpc) is 3.57. The smallest absolute Gasteiger partial charge is 0.280 e. The number of halogens is 1. The van der Waals surface area contributed by atoms with Gasteiger partial charge >= 0.3 is 0 Å². The maximum atomic E-state index is 13.7.